The molecule has 9 heteroatoms. The SMILES string of the molecule is COc1cc(F)cc(Nc2ncc(-c3cccc(/C=C/C(=O)O)c3)c(N3CCOCC3)n2)c1. The summed E-state index contributed by atoms with van der Waals surface area (Å²) in [4.78, 5) is 22.2. The zero-order valence-electron chi connectivity index (χ0n) is 18.0. The van der Waals surface area contributed by atoms with Gasteiger partial charge in [0, 0.05) is 48.7 Å². The van der Waals surface area contributed by atoms with E-state index in [1.54, 1.807) is 12.3 Å². The lowest BCUT2D eigenvalue weighted by Crippen LogP contribution is -2.37. The molecule has 0 amide bonds. The van der Waals surface area contributed by atoms with Gasteiger partial charge in [0.15, 0.2) is 0 Å². The van der Waals surface area contributed by atoms with Crippen LogP contribution in [0.2, 0.25) is 0 Å². The first-order valence-electron chi connectivity index (χ1n) is 10.3. The normalized spacial score (nSPS) is 13.8. The fourth-order valence-corrected chi connectivity index (χ4v) is 3.51. The van der Waals surface area contributed by atoms with Gasteiger partial charge in [-0.25, -0.2) is 14.2 Å². The molecular formula is C24H23FN4O4. The van der Waals surface area contributed by atoms with Crippen molar-refractivity contribution in [3.63, 3.8) is 0 Å². The smallest absolute Gasteiger partial charge is 0.328 e. The van der Waals surface area contributed by atoms with Crippen molar-refractivity contribution >= 4 is 29.5 Å². The number of halogens is 1. The number of morpholine rings is 1. The third-order valence-electron chi connectivity index (χ3n) is 5.06. The van der Waals surface area contributed by atoms with E-state index in [4.69, 9.17) is 19.6 Å². The summed E-state index contributed by atoms with van der Waals surface area (Å²) in [6.07, 6.45) is 4.34. The minimum Gasteiger partial charge on any atom is -0.497 e. The summed E-state index contributed by atoms with van der Waals surface area (Å²) in [6.45, 7) is 2.48. The number of aliphatic carboxylic acids is 1. The number of aromatic nitrogens is 2. The molecule has 0 bridgehead atoms. The molecule has 1 fully saturated rings. The molecule has 1 aromatic heterocycles. The topological polar surface area (TPSA) is 96.8 Å². The second-order valence-corrected chi connectivity index (χ2v) is 7.33. The van der Waals surface area contributed by atoms with E-state index in [1.807, 2.05) is 24.3 Å². The molecule has 1 saturated heterocycles. The van der Waals surface area contributed by atoms with Crippen molar-refractivity contribution in [1.82, 2.24) is 9.97 Å². The Labute approximate surface area is 190 Å². The molecule has 0 radical (unpaired) electrons. The molecule has 3 aromatic rings. The van der Waals surface area contributed by atoms with Crippen LogP contribution in [0, 0.1) is 5.82 Å². The maximum atomic E-state index is 13.9. The minimum atomic E-state index is -1.01. The van der Waals surface area contributed by atoms with Crippen molar-refractivity contribution < 1.29 is 23.8 Å². The maximum absolute atomic E-state index is 13.9. The van der Waals surface area contributed by atoms with E-state index in [0.29, 0.717) is 49.5 Å². The summed E-state index contributed by atoms with van der Waals surface area (Å²) in [7, 11) is 1.47. The number of ether oxygens (including phenoxy) is 2. The van der Waals surface area contributed by atoms with Gasteiger partial charge in [0.25, 0.3) is 0 Å². The summed E-state index contributed by atoms with van der Waals surface area (Å²) in [5.74, 6) is -0.0441. The van der Waals surface area contributed by atoms with E-state index in [-0.39, 0.29) is 0 Å². The first-order chi connectivity index (χ1) is 16.0. The Morgan fingerprint density at radius 2 is 2.06 bits per heavy atom. The van der Waals surface area contributed by atoms with Crippen molar-refractivity contribution in [2.75, 3.05) is 43.6 Å². The van der Waals surface area contributed by atoms with Crippen LogP contribution in [0.3, 0.4) is 0 Å². The molecule has 8 nitrogen and oxygen atoms in total. The first-order valence-corrected chi connectivity index (χ1v) is 10.3. The Balaban J connectivity index is 1.71. The summed E-state index contributed by atoms with van der Waals surface area (Å²) < 4.78 is 24.5. The summed E-state index contributed by atoms with van der Waals surface area (Å²) in [5.41, 5.74) is 2.86. The van der Waals surface area contributed by atoms with Crippen LogP contribution in [0.5, 0.6) is 5.75 Å². The highest BCUT2D eigenvalue weighted by atomic mass is 19.1. The molecular weight excluding hydrogens is 427 g/mol. The molecule has 1 aliphatic heterocycles. The van der Waals surface area contributed by atoms with E-state index in [9.17, 15) is 9.18 Å². The van der Waals surface area contributed by atoms with Crippen LogP contribution in [0.4, 0.5) is 21.8 Å². The quantitative estimate of drug-likeness (QED) is 0.522. The highest BCUT2D eigenvalue weighted by Crippen LogP contribution is 2.32. The Morgan fingerprint density at radius 1 is 1.24 bits per heavy atom. The number of carboxylic acids is 1. The number of anilines is 3. The zero-order chi connectivity index (χ0) is 23.2. The summed E-state index contributed by atoms with van der Waals surface area (Å²) >= 11 is 0. The van der Waals surface area contributed by atoms with E-state index < -0.39 is 11.8 Å². The molecule has 0 aliphatic carbocycles. The predicted octanol–water partition coefficient (Wildman–Crippen LogP) is 3.97. The Bertz CT molecular complexity index is 1180. The van der Waals surface area contributed by atoms with Gasteiger partial charge in [0.05, 0.1) is 20.3 Å². The van der Waals surface area contributed by atoms with Crippen LogP contribution in [0.15, 0.2) is 54.7 Å². The number of carbonyl (C=O) groups is 1. The first kappa shape index (κ1) is 22.2. The standard InChI is InChI=1S/C24H23FN4O4/c1-32-20-13-18(25)12-19(14-20)27-24-26-15-21(23(28-24)29-7-9-33-10-8-29)17-4-2-3-16(11-17)5-6-22(30)31/h2-6,11-15H,7-10H2,1H3,(H,30,31)(H,26,27,28)/b6-5+. The number of rotatable bonds is 7. The Hall–Kier alpha value is -3.98. The van der Waals surface area contributed by atoms with Gasteiger partial charge in [0.2, 0.25) is 5.95 Å². The predicted molar refractivity (Wildman–Crippen MR) is 123 cm³/mol. The number of nitrogens with zero attached hydrogens (tertiary/aromatic N) is 3. The van der Waals surface area contributed by atoms with Crippen LogP contribution in [-0.4, -0.2) is 54.5 Å². The number of methoxy groups -OCH3 is 1. The second-order valence-electron chi connectivity index (χ2n) is 7.33. The molecule has 1 aliphatic rings. The monoisotopic (exact) mass is 450 g/mol. The van der Waals surface area contributed by atoms with Crippen LogP contribution < -0.4 is 15.0 Å². The van der Waals surface area contributed by atoms with E-state index in [2.05, 4.69) is 15.2 Å². The largest absolute Gasteiger partial charge is 0.497 e. The summed E-state index contributed by atoms with van der Waals surface area (Å²) in [6, 6.07) is 11.8. The summed E-state index contributed by atoms with van der Waals surface area (Å²) in [5, 5.41) is 12.0. The van der Waals surface area contributed by atoms with Gasteiger partial charge in [-0.3, -0.25) is 0 Å². The van der Waals surface area contributed by atoms with Crippen molar-refractivity contribution in [2.45, 2.75) is 0 Å². The van der Waals surface area contributed by atoms with Crippen LogP contribution >= 0.6 is 0 Å². The van der Waals surface area contributed by atoms with E-state index >= 15 is 0 Å². The number of hydrogen-bond donors (Lipinski definition) is 2. The number of benzene rings is 2. The van der Waals surface area contributed by atoms with Crippen LogP contribution in [0.1, 0.15) is 5.56 Å². The maximum Gasteiger partial charge on any atom is 0.328 e. The van der Waals surface area contributed by atoms with Gasteiger partial charge in [-0.15, -0.1) is 0 Å². The van der Waals surface area contributed by atoms with E-state index in [0.717, 1.165) is 22.8 Å². The highest BCUT2D eigenvalue weighted by molar-refractivity contribution is 5.86. The fourth-order valence-electron chi connectivity index (χ4n) is 3.51. The van der Waals surface area contributed by atoms with Gasteiger partial charge < -0.3 is 24.8 Å². The van der Waals surface area contributed by atoms with Crippen molar-refractivity contribution in [3.05, 3.63) is 66.1 Å². The molecule has 2 N–H and O–H groups in total. The van der Waals surface area contributed by atoms with E-state index in [1.165, 1.54) is 25.3 Å². The average molecular weight is 450 g/mol. The molecule has 0 unspecified atom stereocenters. The molecule has 33 heavy (non-hydrogen) atoms. The van der Waals surface area contributed by atoms with Crippen LogP contribution in [-0.2, 0) is 9.53 Å². The second kappa shape index (κ2) is 10.1. The Kier molecular flexibility index (Phi) is 6.80. The number of carboxylic acid groups (broad SMARTS) is 1. The number of nitrogens with one attached hydrogen (secondary N) is 1. The third kappa shape index (κ3) is 5.64. The van der Waals surface area contributed by atoms with Gasteiger partial charge >= 0.3 is 5.97 Å². The molecule has 0 atom stereocenters. The van der Waals surface area contributed by atoms with Gasteiger partial charge in [-0.1, -0.05) is 18.2 Å². The molecule has 4 rings (SSSR count). The van der Waals surface area contributed by atoms with Crippen LogP contribution in [0.25, 0.3) is 17.2 Å². The van der Waals surface area contributed by atoms with Gasteiger partial charge in [-0.05, 0) is 29.3 Å². The molecule has 2 heterocycles. The van der Waals surface area contributed by atoms with Crippen molar-refractivity contribution in [2.24, 2.45) is 0 Å². The van der Waals surface area contributed by atoms with Gasteiger partial charge in [0.1, 0.15) is 17.4 Å². The van der Waals surface area contributed by atoms with Crippen molar-refractivity contribution in [1.29, 1.82) is 0 Å². The molecule has 170 valence electrons. The number of hydrogen-bond acceptors (Lipinski definition) is 7. The lowest BCUT2D eigenvalue weighted by atomic mass is 10.0. The highest BCUT2D eigenvalue weighted by Gasteiger charge is 2.19. The van der Waals surface area contributed by atoms with Crippen molar-refractivity contribution in [3.8, 4) is 16.9 Å². The lowest BCUT2D eigenvalue weighted by Gasteiger charge is -2.29. The minimum absolute atomic E-state index is 0.315. The lowest BCUT2D eigenvalue weighted by molar-refractivity contribution is -0.131. The average Bonchev–Trinajstić information content (AvgIpc) is 2.83. The molecule has 0 spiro atoms. The third-order valence-corrected chi connectivity index (χ3v) is 5.06. The molecule has 2 aromatic carbocycles. The van der Waals surface area contributed by atoms with Gasteiger partial charge in [-0.2, -0.15) is 4.98 Å². The fraction of sp³-hybridized carbons (Fsp3) is 0.208. The zero-order valence-corrected chi connectivity index (χ0v) is 18.0. The Morgan fingerprint density at radius 3 is 2.82 bits per heavy atom. The molecule has 0 saturated carbocycles.